The van der Waals surface area contributed by atoms with E-state index in [0.29, 0.717) is 38.8 Å². The fourth-order valence-electron chi connectivity index (χ4n) is 7.12. The average Bonchev–Trinajstić information content (AvgIpc) is 3.39. The van der Waals surface area contributed by atoms with Crippen LogP contribution in [0, 0.1) is 0 Å². The van der Waals surface area contributed by atoms with E-state index in [1.54, 1.807) is 0 Å². The van der Waals surface area contributed by atoms with E-state index >= 15 is 0 Å². The van der Waals surface area contributed by atoms with Crippen LogP contribution in [0.15, 0.2) is 78.9 Å². The third kappa shape index (κ3) is 7.30. The van der Waals surface area contributed by atoms with Gasteiger partial charge in [-0.1, -0.05) is 73.2 Å². The van der Waals surface area contributed by atoms with Gasteiger partial charge in [0, 0.05) is 45.6 Å². The van der Waals surface area contributed by atoms with Gasteiger partial charge in [-0.3, -0.25) is 43.5 Å². The van der Waals surface area contributed by atoms with Gasteiger partial charge in [0.25, 0.3) is 23.6 Å². The lowest BCUT2D eigenvalue weighted by molar-refractivity contribution is -0.151. The number of likely N-dealkylation sites (tertiary alicyclic amines) is 1. The first-order valence-corrected chi connectivity index (χ1v) is 17.1. The van der Waals surface area contributed by atoms with Crippen LogP contribution in [0.4, 0.5) is 0 Å². The topological polar surface area (TPSA) is 151 Å². The summed E-state index contributed by atoms with van der Waals surface area (Å²) in [5.74, 6) is -2.95. The number of rotatable bonds is 13. The minimum absolute atomic E-state index is 0.00864. The molecular formula is C38H41N5O7. The molecule has 50 heavy (non-hydrogen) atoms. The second kappa shape index (κ2) is 15.5. The van der Waals surface area contributed by atoms with Crippen LogP contribution in [-0.4, -0.2) is 100 Å². The van der Waals surface area contributed by atoms with E-state index in [9.17, 15) is 28.8 Å². The molecule has 2 saturated heterocycles. The Balaban J connectivity index is 0.978. The van der Waals surface area contributed by atoms with Crippen molar-refractivity contribution in [1.29, 1.82) is 0 Å². The van der Waals surface area contributed by atoms with Gasteiger partial charge in [0.15, 0.2) is 6.61 Å². The number of nitrogens with two attached hydrogens (primary N) is 1. The highest BCUT2D eigenvalue weighted by molar-refractivity contribution is 6.24. The number of ether oxygens (including phenoxy) is 1. The molecule has 1 atom stereocenters. The maximum atomic E-state index is 13.5. The number of amides is 6. The van der Waals surface area contributed by atoms with Crippen LogP contribution < -0.4 is 10.5 Å². The molecular weight excluding hydrogens is 638 g/mol. The molecule has 3 aromatic carbocycles. The number of piperazine rings is 1. The molecule has 0 bridgehead atoms. The van der Waals surface area contributed by atoms with Gasteiger partial charge in [-0.2, -0.15) is 0 Å². The van der Waals surface area contributed by atoms with E-state index in [1.807, 2.05) is 17.0 Å². The highest BCUT2D eigenvalue weighted by Crippen LogP contribution is 2.35. The summed E-state index contributed by atoms with van der Waals surface area (Å²) in [6, 6.07) is 24.2. The van der Waals surface area contributed by atoms with Crippen molar-refractivity contribution in [1.82, 2.24) is 19.6 Å². The highest BCUT2D eigenvalue weighted by Gasteiger charge is 2.48. The maximum absolute atomic E-state index is 13.5. The Bertz CT molecular complexity index is 1720. The summed E-state index contributed by atoms with van der Waals surface area (Å²) in [5, 5.41) is 0. The number of hydrogen-bond acceptors (Lipinski definition) is 8. The Kier molecular flexibility index (Phi) is 10.7. The van der Waals surface area contributed by atoms with Gasteiger partial charge in [-0.15, -0.1) is 0 Å². The SMILES string of the molecule is NC(=O)COc1cccc2c1C(=O)N(C1CCC(=O)N(CCCCCC(=O)N3CCN(C(c4ccccc4)c4ccccc4)CC3)C1=O)C2=O. The number of imide groups is 2. The van der Waals surface area contributed by atoms with E-state index in [1.165, 1.54) is 29.3 Å². The summed E-state index contributed by atoms with van der Waals surface area (Å²) in [6.45, 7) is 2.46. The first-order valence-electron chi connectivity index (χ1n) is 17.1. The first kappa shape index (κ1) is 34.5. The molecule has 12 nitrogen and oxygen atoms in total. The van der Waals surface area contributed by atoms with Gasteiger partial charge >= 0.3 is 0 Å². The molecule has 0 radical (unpaired) electrons. The van der Waals surface area contributed by atoms with Crippen molar-refractivity contribution in [3.05, 3.63) is 101 Å². The Morgan fingerprint density at radius 3 is 2.08 bits per heavy atom. The Morgan fingerprint density at radius 1 is 0.780 bits per heavy atom. The zero-order chi connectivity index (χ0) is 35.2. The minimum Gasteiger partial charge on any atom is -0.483 e. The molecule has 12 heteroatoms. The van der Waals surface area contributed by atoms with Crippen molar-refractivity contribution in [3.63, 3.8) is 0 Å². The third-order valence-corrected chi connectivity index (χ3v) is 9.61. The zero-order valence-corrected chi connectivity index (χ0v) is 27.9. The van der Waals surface area contributed by atoms with E-state index < -0.39 is 36.3 Å². The van der Waals surface area contributed by atoms with Gasteiger partial charge in [-0.25, -0.2) is 0 Å². The van der Waals surface area contributed by atoms with Crippen LogP contribution in [0.5, 0.6) is 5.75 Å². The van der Waals surface area contributed by atoms with Crippen LogP contribution in [0.25, 0.3) is 0 Å². The molecule has 2 fully saturated rings. The molecule has 2 N–H and O–H groups in total. The normalized spacial score (nSPS) is 18.2. The van der Waals surface area contributed by atoms with Crippen LogP contribution in [0.3, 0.4) is 0 Å². The van der Waals surface area contributed by atoms with Crippen molar-refractivity contribution < 1.29 is 33.5 Å². The Hall–Kier alpha value is -5.36. The van der Waals surface area contributed by atoms with E-state index in [-0.39, 0.29) is 54.1 Å². The smallest absolute Gasteiger partial charge is 0.266 e. The number of unbranched alkanes of at least 4 members (excludes halogenated alkanes) is 2. The molecule has 6 rings (SSSR count). The number of benzene rings is 3. The molecule has 260 valence electrons. The van der Waals surface area contributed by atoms with E-state index in [0.717, 1.165) is 22.9 Å². The van der Waals surface area contributed by atoms with Gasteiger partial charge < -0.3 is 15.4 Å². The molecule has 0 aliphatic carbocycles. The lowest BCUT2D eigenvalue weighted by atomic mass is 9.96. The first-order chi connectivity index (χ1) is 24.2. The minimum atomic E-state index is -1.13. The maximum Gasteiger partial charge on any atom is 0.266 e. The second-order valence-corrected chi connectivity index (χ2v) is 12.8. The van der Waals surface area contributed by atoms with Gasteiger partial charge in [0.2, 0.25) is 11.8 Å². The molecule has 0 spiro atoms. The fraction of sp³-hybridized carbons (Fsp3) is 0.368. The van der Waals surface area contributed by atoms with Crippen molar-refractivity contribution in [3.8, 4) is 5.75 Å². The quantitative estimate of drug-likeness (QED) is 0.214. The zero-order valence-electron chi connectivity index (χ0n) is 27.9. The summed E-state index contributed by atoms with van der Waals surface area (Å²) in [7, 11) is 0. The van der Waals surface area contributed by atoms with Crippen LogP contribution in [0.2, 0.25) is 0 Å². The summed E-state index contributed by atoms with van der Waals surface area (Å²) in [4.78, 5) is 83.6. The molecule has 0 saturated carbocycles. The summed E-state index contributed by atoms with van der Waals surface area (Å²) in [5.41, 5.74) is 7.64. The number of piperidine rings is 1. The second-order valence-electron chi connectivity index (χ2n) is 12.8. The standard InChI is InChI=1S/C38H41N5O7/c39-31(44)25-50-30-16-10-15-28-34(30)38(49)43(36(28)47)29-18-19-33(46)42(37(29)48)20-9-3-8-17-32(45)40-21-23-41(24-22-40)35(26-11-4-1-5-12-26)27-13-6-2-7-14-27/h1-2,4-7,10-16,29,35H,3,8-9,17-25H2,(H2,39,44). The number of hydrogen-bond donors (Lipinski definition) is 1. The predicted molar refractivity (Wildman–Crippen MR) is 183 cm³/mol. The Morgan fingerprint density at radius 2 is 1.44 bits per heavy atom. The summed E-state index contributed by atoms with van der Waals surface area (Å²) in [6.07, 6.45) is 2.15. The number of primary amides is 1. The van der Waals surface area contributed by atoms with Crippen molar-refractivity contribution in [2.75, 3.05) is 39.3 Å². The number of carbonyl (C=O) groups excluding carboxylic acids is 6. The van der Waals surface area contributed by atoms with Crippen LogP contribution in [-0.2, 0) is 19.2 Å². The van der Waals surface area contributed by atoms with Crippen molar-refractivity contribution in [2.45, 2.75) is 50.6 Å². The number of fused-ring (bicyclic) bond motifs is 1. The lowest BCUT2D eigenvalue weighted by Crippen LogP contribution is -2.56. The molecule has 3 aliphatic heterocycles. The monoisotopic (exact) mass is 679 g/mol. The largest absolute Gasteiger partial charge is 0.483 e. The molecule has 3 aliphatic rings. The molecule has 3 aromatic rings. The molecule has 0 aromatic heterocycles. The van der Waals surface area contributed by atoms with Crippen molar-refractivity contribution >= 4 is 35.4 Å². The van der Waals surface area contributed by atoms with Crippen LogP contribution >= 0.6 is 0 Å². The highest BCUT2D eigenvalue weighted by atomic mass is 16.5. The number of carbonyl (C=O) groups is 6. The van der Waals surface area contributed by atoms with Gasteiger partial charge in [0.1, 0.15) is 11.8 Å². The van der Waals surface area contributed by atoms with Crippen LogP contribution in [0.1, 0.15) is 76.4 Å². The lowest BCUT2D eigenvalue weighted by Gasteiger charge is -2.40. The Labute approximate surface area is 290 Å². The number of nitrogens with zero attached hydrogens (tertiary/aromatic N) is 4. The molecule has 3 heterocycles. The summed E-state index contributed by atoms with van der Waals surface area (Å²) < 4.78 is 5.36. The average molecular weight is 680 g/mol. The van der Waals surface area contributed by atoms with Crippen molar-refractivity contribution in [2.24, 2.45) is 5.73 Å². The van der Waals surface area contributed by atoms with E-state index in [2.05, 4.69) is 53.4 Å². The summed E-state index contributed by atoms with van der Waals surface area (Å²) >= 11 is 0. The molecule has 6 amide bonds. The van der Waals surface area contributed by atoms with E-state index in [4.69, 9.17) is 10.5 Å². The predicted octanol–water partition coefficient (Wildman–Crippen LogP) is 3.16. The molecule has 1 unspecified atom stereocenters. The van der Waals surface area contributed by atoms with Gasteiger partial charge in [-0.05, 0) is 42.5 Å². The third-order valence-electron chi connectivity index (χ3n) is 9.61. The fourth-order valence-corrected chi connectivity index (χ4v) is 7.12. The van der Waals surface area contributed by atoms with Gasteiger partial charge in [0.05, 0.1) is 17.2 Å².